The van der Waals surface area contributed by atoms with Gasteiger partial charge in [-0.3, -0.25) is 9.78 Å². The molecule has 0 fully saturated rings. The first-order valence-electron chi connectivity index (χ1n) is 10.1. The molecule has 144 valence electrons. The third-order valence-electron chi connectivity index (χ3n) is 6.19. The van der Waals surface area contributed by atoms with Crippen LogP contribution in [-0.4, -0.2) is 0 Å². The lowest BCUT2D eigenvalue weighted by Gasteiger charge is -2.21. The second-order valence-corrected chi connectivity index (χ2v) is 9.53. The van der Waals surface area contributed by atoms with E-state index in [1.165, 1.54) is 42.1 Å². The molecular weight excluding hydrogens is 408 g/mol. The summed E-state index contributed by atoms with van der Waals surface area (Å²) in [7, 11) is 0. The normalized spacial score (nSPS) is 13.6. The van der Waals surface area contributed by atoms with Gasteiger partial charge in [0.1, 0.15) is 0 Å². The van der Waals surface area contributed by atoms with Crippen LogP contribution in [0.25, 0.3) is 41.7 Å². The molecule has 0 saturated carbocycles. The topological polar surface area (TPSA) is 18.5 Å². The molecule has 1 aliphatic heterocycles. The third-order valence-corrected chi connectivity index (χ3v) is 8.09. The molecule has 0 atom stereocenters. The van der Waals surface area contributed by atoms with Crippen molar-refractivity contribution < 1.29 is 9.78 Å². The van der Waals surface area contributed by atoms with Gasteiger partial charge in [0.25, 0.3) is 0 Å². The van der Waals surface area contributed by atoms with Crippen LogP contribution in [0.5, 0.6) is 11.5 Å². The molecule has 7 rings (SSSR count). The number of rotatable bonds is 0. The maximum Gasteiger partial charge on any atom is 0.190 e. The lowest BCUT2D eigenvalue weighted by atomic mass is 9.93. The first-order valence-corrected chi connectivity index (χ1v) is 11.8. The zero-order chi connectivity index (χ0) is 19.7. The first-order chi connectivity index (χ1) is 14.9. The number of thiophene rings is 2. The van der Waals surface area contributed by atoms with Gasteiger partial charge in [0.2, 0.25) is 0 Å². The Bertz CT molecular complexity index is 1480. The van der Waals surface area contributed by atoms with Crippen molar-refractivity contribution in [2.24, 2.45) is 0 Å². The second kappa shape index (κ2) is 6.21. The summed E-state index contributed by atoms with van der Waals surface area (Å²) in [5.41, 5.74) is 2.49. The van der Waals surface area contributed by atoms with E-state index < -0.39 is 0 Å². The number of aryl methyl sites for hydroxylation is 2. The first kappa shape index (κ1) is 16.7. The van der Waals surface area contributed by atoms with Gasteiger partial charge in [-0.15, -0.1) is 22.7 Å². The molecule has 2 nitrogen and oxygen atoms in total. The third kappa shape index (κ3) is 2.18. The highest BCUT2D eigenvalue weighted by Gasteiger charge is 2.24. The van der Waals surface area contributed by atoms with Gasteiger partial charge in [-0.1, -0.05) is 48.5 Å². The predicted octanol–water partition coefficient (Wildman–Crippen LogP) is 7.89. The maximum atomic E-state index is 6.19. The molecule has 4 aromatic carbocycles. The van der Waals surface area contributed by atoms with E-state index in [1.54, 1.807) is 22.7 Å². The van der Waals surface area contributed by atoms with Crippen molar-refractivity contribution in [3.8, 4) is 11.5 Å². The van der Waals surface area contributed by atoms with E-state index >= 15 is 0 Å². The molecule has 0 radical (unpaired) electrons. The second-order valence-electron chi connectivity index (χ2n) is 7.70. The van der Waals surface area contributed by atoms with E-state index in [4.69, 9.17) is 9.78 Å². The van der Waals surface area contributed by atoms with Crippen LogP contribution in [0.1, 0.15) is 11.1 Å². The number of fused-ring (bicyclic) bond motifs is 12. The molecule has 0 bridgehead atoms. The van der Waals surface area contributed by atoms with Gasteiger partial charge in [-0.25, -0.2) is 0 Å². The fraction of sp³-hybridized carbons (Fsp3) is 0.0769. The summed E-state index contributed by atoms with van der Waals surface area (Å²) in [6.45, 7) is 0. The fourth-order valence-electron chi connectivity index (χ4n) is 4.86. The average Bonchev–Trinajstić information content (AvgIpc) is 3.45. The van der Waals surface area contributed by atoms with Crippen LogP contribution >= 0.6 is 22.7 Å². The minimum atomic E-state index is 0.858. The van der Waals surface area contributed by atoms with Gasteiger partial charge in [-0.05, 0) is 35.7 Å². The van der Waals surface area contributed by atoms with Crippen molar-refractivity contribution in [3.63, 3.8) is 0 Å². The largest absolute Gasteiger partial charge is 0.289 e. The van der Waals surface area contributed by atoms with E-state index in [-0.39, 0.29) is 0 Å². The molecule has 6 aromatic rings. The quantitative estimate of drug-likeness (QED) is 0.231. The molecule has 1 aliphatic rings. The zero-order valence-corrected chi connectivity index (χ0v) is 17.6. The molecule has 3 heterocycles. The highest BCUT2D eigenvalue weighted by atomic mass is 32.1. The Labute approximate surface area is 180 Å². The minimum absolute atomic E-state index is 0.858. The lowest BCUT2D eigenvalue weighted by molar-refractivity contribution is -0.0991. The van der Waals surface area contributed by atoms with Gasteiger partial charge >= 0.3 is 0 Å². The molecule has 0 spiro atoms. The van der Waals surface area contributed by atoms with Crippen molar-refractivity contribution in [3.05, 3.63) is 82.6 Å². The molecule has 0 saturated heterocycles. The predicted molar refractivity (Wildman–Crippen MR) is 127 cm³/mol. The summed E-state index contributed by atoms with van der Waals surface area (Å²) in [5.74, 6) is 1.72. The average molecular weight is 425 g/mol. The minimum Gasteiger partial charge on any atom is -0.289 e. The highest BCUT2D eigenvalue weighted by molar-refractivity contribution is 7.18. The van der Waals surface area contributed by atoms with Gasteiger partial charge in [-0.2, -0.15) is 0 Å². The van der Waals surface area contributed by atoms with Crippen LogP contribution < -0.4 is 9.78 Å². The summed E-state index contributed by atoms with van der Waals surface area (Å²) in [5, 5.41) is 11.6. The highest BCUT2D eigenvalue weighted by Crippen LogP contribution is 2.46. The van der Waals surface area contributed by atoms with Gasteiger partial charge < -0.3 is 0 Å². The lowest BCUT2D eigenvalue weighted by Crippen LogP contribution is -2.11. The molecule has 2 aromatic heterocycles. The van der Waals surface area contributed by atoms with Crippen LogP contribution in [0, 0.1) is 0 Å². The Morgan fingerprint density at radius 2 is 0.933 bits per heavy atom. The number of benzene rings is 4. The fourth-order valence-corrected chi connectivity index (χ4v) is 6.79. The summed E-state index contributed by atoms with van der Waals surface area (Å²) >= 11 is 3.60. The van der Waals surface area contributed by atoms with Crippen molar-refractivity contribution >= 4 is 64.4 Å². The van der Waals surface area contributed by atoms with Gasteiger partial charge in [0.05, 0.1) is 0 Å². The Balaban J connectivity index is 1.53. The van der Waals surface area contributed by atoms with E-state index in [0.717, 1.165) is 35.1 Å². The number of hydrogen-bond donors (Lipinski definition) is 0. The van der Waals surface area contributed by atoms with Gasteiger partial charge in [0.15, 0.2) is 11.5 Å². The summed E-state index contributed by atoms with van der Waals surface area (Å²) in [6, 6.07) is 21.4. The summed E-state index contributed by atoms with van der Waals surface area (Å²) < 4.78 is 2.65. The van der Waals surface area contributed by atoms with E-state index in [1.807, 2.05) is 0 Å². The summed E-state index contributed by atoms with van der Waals surface area (Å²) in [6.07, 6.45) is 1.85. The summed E-state index contributed by atoms with van der Waals surface area (Å²) in [4.78, 5) is 12.4. The molecule has 30 heavy (non-hydrogen) atoms. The molecule has 0 N–H and O–H groups in total. The monoisotopic (exact) mass is 424 g/mol. The smallest absolute Gasteiger partial charge is 0.190 e. The SMILES string of the molecule is c1ccc2c(c1)c1c(c3ccsc32)CCc2c(c3ccccc3c3sccc23)OO1. The van der Waals surface area contributed by atoms with E-state index in [9.17, 15) is 0 Å². The standard InChI is InChI=1S/C26H16O2S2/c1-3-7-19-15(5-1)23-17(21-11-13-29-25(19)21)9-10-18-22-12-14-30-26(22)20-8-4-2-6-16(20)24(18)28-27-23/h1-8,11-14H,9-10H2. The van der Waals surface area contributed by atoms with E-state index in [0.29, 0.717) is 0 Å². The van der Waals surface area contributed by atoms with Crippen LogP contribution in [0.4, 0.5) is 0 Å². The number of hydrogen-bond acceptors (Lipinski definition) is 4. The van der Waals surface area contributed by atoms with Crippen molar-refractivity contribution in [1.82, 2.24) is 0 Å². The van der Waals surface area contributed by atoms with Crippen molar-refractivity contribution in [2.75, 3.05) is 0 Å². The maximum absolute atomic E-state index is 6.19. The van der Waals surface area contributed by atoms with E-state index in [2.05, 4.69) is 71.4 Å². The molecule has 0 aliphatic carbocycles. The van der Waals surface area contributed by atoms with Gasteiger partial charge in [0, 0.05) is 52.8 Å². The van der Waals surface area contributed by atoms with Crippen molar-refractivity contribution in [2.45, 2.75) is 12.8 Å². The Morgan fingerprint density at radius 3 is 1.40 bits per heavy atom. The van der Waals surface area contributed by atoms with Crippen LogP contribution in [-0.2, 0) is 12.8 Å². The molecular formula is C26H16O2S2. The van der Waals surface area contributed by atoms with Crippen LogP contribution in [0.3, 0.4) is 0 Å². The van der Waals surface area contributed by atoms with Crippen LogP contribution in [0.15, 0.2) is 71.4 Å². The Hall–Kier alpha value is -3.08. The van der Waals surface area contributed by atoms with Crippen molar-refractivity contribution in [1.29, 1.82) is 0 Å². The Morgan fingerprint density at radius 1 is 0.500 bits per heavy atom. The van der Waals surface area contributed by atoms with Crippen LogP contribution in [0.2, 0.25) is 0 Å². The Kier molecular flexibility index (Phi) is 3.45. The molecule has 0 unspecified atom stereocenters. The zero-order valence-electron chi connectivity index (χ0n) is 16.0. The molecule has 4 heteroatoms. The molecule has 0 amide bonds.